The maximum absolute atomic E-state index is 13.3. The van der Waals surface area contributed by atoms with Gasteiger partial charge in [0.05, 0.1) is 23.9 Å². The number of rotatable bonds is 9. The molecule has 0 atom stereocenters. The van der Waals surface area contributed by atoms with E-state index in [9.17, 15) is 13.2 Å². The number of hydrogen-bond acceptors (Lipinski definition) is 6. The van der Waals surface area contributed by atoms with Crippen molar-refractivity contribution in [1.82, 2.24) is 9.73 Å². The van der Waals surface area contributed by atoms with Crippen molar-refractivity contribution < 1.29 is 22.0 Å². The van der Waals surface area contributed by atoms with E-state index in [-0.39, 0.29) is 23.7 Å². The molecule has 0 aliphatic heterocycles. The lowest BCUT2D eigenvalue weighted by molar-refractivity contribution is 0.0927. The number of furan rings is 2. The number of hydrogen-bond donors (Lipinski definition) is 1. The summed E-state index contributed by atoms with van der Waals surface area (Å²) in [6.45, 7) is 0.115. The number of hydrazone groups is 1. The zero-order valence-electron chi connectivity index (χ0n) is 17.8. The topological polar surface area (TPSA) is 105 Å². The molecule has 174 valence electrons. The summed E-state index contributed by atoms with van der Waals surface area (Å²) in [5.74, 6) is 0.378. The predicted octanol–water partition coefficient (Wildman–Crippen LogP) is 4.68. The van der Waals surface area contributed by atoms with Crippen molar-refractivity contribution in [3.63, 3.8) is 0 Å². The molecule has 4 rings (SSSR count). The Morgan fingerprint density at radius 1 is 0.971 bits per heavy atom. The highest BCUT2D eigenvalue weighted by Crippen LogP contribution is 2.22. The fourth-order valence-corrected chi connectivity index (χ4v) is 4.64. The van der Waals surface area contributed by atoms with Gasteiger partial charge < -0.3 is 8.83 Å². The monoisotopic (exact) mass is 497 g/mol. The normalized spacial score (nSPS) is 11.8. The van der Waals surface area contributed by atoms with Crippen LogP contribution in [0.3, 0.4) is 0 Å². The Kier molecular flexibility index (Phi) is 7.27. The quantitative estimate of drug-likeness (QED) is 0.267. The number of carbonyl (C=O) groups is 1. The Balaban J connectivity index is 1.51. The first-order chi connectivity index (χ1) is 16.4. The molecule has 2 aromatic carbocycles. The molecule has 1 N–H and O–H groups in total. The van der Waals surface area contributed by atoms with E-state index in [2.05, 4.69) is 10.5 Å². The fourth-order valence-electron chi connectivity index (χ4n) is 3.10. The van der Waals surface area contributed by atoms with Gasteiger partial charge in [-0.2, -0.15) is 9.41 Å². The van der Waals surface area contributed by atoms with Crippen molar-refractivity contribution >= 4 is 33.7 Å². The summed E-state index contributed by atoms with van der Waals surface area (Å²) in [5.41, 5.74) is 3.10. The van der Waals surface area contributed by atoms with E-state index in [0.717, 1.165) is 5.56 Å². The minimum Gasteiger partial charge on any atom is -0.459 e. The molecular weight excluding hydrogens is 478 g/mol. The van der Waals surface area contributed by atoms with E-state index in [1.165, 1.54) is 22.8 Å². The van der Waals surface area contributed by atoms with Crippen molar-refractivity contribution in [2.75, 3.05) is 0 Å². The van der Waals surface area contributed by atoms with E-state index in [1.54, 1.807) is 72.8 Å². The van der Waals surface area contributed by atoms with Gasteiger partial charge in [-0.05, 0) is 54.1 Å². The van der Waals surface area contributed by atoms with Crippen molar-refractivity contribution in [2.24, 2.45) is 5.10 Å². The molecule has 0 saturated heterocycles. The Morgan fingerprint density at radius 2 is 1.74 bits per heavy atom. The van der Waals surface area contributed by atoms with Crippen molar-refractivity contribution in [2.45, 2.75) is 18.0 Å². The maximum Gasteiger partial charge on any atom is 0.307 e. The van der Waals surface area contributed by atoms with Gasteiger partial charge in [0.1, 0.15) is 11.5 Å². The Hall–Kier alpha value is -3.66. The van der Waals surface area contributed by atoms with E-state index in [0.29, 0.717) is 16.5 Å². The first-order valence-electron chi connectivity index (χ1n) is 10.2. The molecular formula is C24H20ClN3O5S. The number of benzene rings is 2. The number of amides is 1. The van der Waals surface area contributed by atoms with Crippen LogP contribution in [-0.2, 0) is 23.1 Å². The average Bonchev–Trinajstić information content (AvgIpc) is 3.53. The number of nitrogens with zero attached hydrogens (tertiary/aromatic N) is 2. The SMILES string of the molecule is O=C(N/N=C\c1ccc(CN(Cc2ccc(Cl)cc2)S(=O)(=O)c2ccccc2)o1)c1ccco1. The molecule has 8 nitrogen and oxygen atoms in total. The largest absolute Gasteiger partial charge is 0.459 e. The van der Waals surface area contributed by atoms with Crippen LogP contribution in [0.15, 0.2) is 104 Å². The van der Waals surface area contributed by atoms with Gasteiger partial charge in [-0.15, -0.1) is 0 Å². The molecule has 1 amide bonds. The molecule has 0 bridgehead atoms. The second kappa shape index (κ2) is 10.5. The molecule has 0 radical (unpaired) electrons. The van der Waals surface area contributed by atoms with E-state index in [1.807, 2.05) is 0 Å². The second-order valence-electron chi connectivity index (χ2n) is 7.19. The van der Waals surface area contributed by atoms with Crippen molar-refractivity contribution in [3.05, 3.63) is 113 Å². The van der Waals surface area contributed by atoms with Crippen LogP contribution < -0.4 is 5.43 Å². The molecule has 0 saturated carbocycles. The summed E-state index contributed by atoms with van der Waals surface area (Å²) in [5, 5.41) is 4.40. The van der Waals surface area contributed by atoms with Gasteiger partial charge in [0, 0.05) is 11.6 Å². The lowest BCUT2D eigenvalue weighted by Gasteiger charge is -2.21. The van der Waals surface area contributed by atoms with Crippen LogP contribution in [-0.4, -0.2) is 24.8 Å². The van der Waals surface area contributed by atoms with Crippen LogP contribution in [0.4, 0.5) is 0 Å². The van der Waals surface area contributed by atoms with Crippen LogP contribution in [0.2, 0.25) is 5.02 Å². The van der Waals surface area contributed by atoms with E-state index in [4.69, 9.17) is 20.4 Å². The fraction of sp³-hybridized carbons (Fsp3) is 0.0833. The lowest BCUT2D eigenvalue weighted by Crippen LogP contribution is -2.30. The molecule has 2 heterocycles. The van der Waals surface area contributed by atoms with Crippen LogP contribution in [0.5, 0.6) is 0 Å². The molecule has 34 heavy (non-hydrogen) atoms. The van der Waals surface area contributed by atoms with Crippen LogP contribution >= 0.6 is 11.6 Å². The van der Waals surface area contributed by atoms with E-state index < -0.39 is 15.9 Å². The summed E-state index contributed by atoms with van der Waals surface area (Å²) in [6.07, 6.45) is 2.70. The second-order valence-corrected chi connectivity index (χ2v) is 9.57. The lowest BCUT2D eigenvalue weighted by atomic mass is 10.2. The third-order valence-electron chi connectivity index (χ3n) is 4.77. The van der Waals surface area contributed by atoms with Crippen molar-refractivity contribution in [1.29, 1.82) is 0 Å². The van der Waals surface area contributed by atoms with Gasteiger partial charge in [-0.3, -0.25) is 4.79 Å². The van der Waals surface area contributed by atoms with Gasteiger partial charge in [-0.1, -0.05) is 41.9 Å². The van der Waals surface area contributed by atoms with Crippen LogP contribution in [0, 0.1) is 0 Å². The molecule has 0 spiro atoms. The highest BCUT2D eigenvalue weighted by atomic mass is 35.5. The molecule has 0 aliphatic rings. The summed E-state index contributed by atoms with van der Waals surface area (Å²) >= 11 is 5.97. The maximum atomic E-state index is 13.3. The molecule has 0 fully saturated rings. The van der Waals surface area contributed by atoms with Gasteiger partial charge in [0.15, 0.2) is 5.76 Å². The molecule has 2 aromatic heterocycles. The molecule has 10 heteroatoms. The minimum absolute atomic E-state index is 0.00749. The van der Waals surface area contributed by atoms with Gasteiger partial charge in [-0.25, -0.2) is 13.8 Å². The predicted molar refractivity (Wildman–Crippen MR) is 127 cm³/mol. The smallest absolute Gasteiger partial charge is 0.307 e. The van der Waals surface area contributed by atoms with Crippen LogP contribution in [0.1, 0.15) is 27.6 Å². The number of carbonyl (C=O) groups excluding carboxylic acids is 1. The van der Waals surface area contributed by atoms with Gasteiger partial charge >= 0.3 is 5.91 Å². The summed E-state index contributed by atoms with van der Waals surface area (Å²) < 4.78 is 38.7. The summed E-state index contributed by atoms with van der Waals surface area (Å²) in [7, 11) is -3.81. The highest BCUT2D eigenvalue weighted by Gasteiger charge is 2.26. The number of halogens is 1. The third-order valence-corrected chi connectivity index (χ3v) is 6.83. The van der Waals surface area contributed by atoms with Crippen molar-refractivity contribution in [3.8, 4) is 0 Å². The van der Waals surface area contributed by atoms with Crippen LogP contribution in [0.25, 0.3) is 0 Å². The standard InChI is InChI=1S/C24H20ClN3O5S/c25-19-10-8-18(9-11-19)16-28(34(30,31)22-5-2-1-3-6-22)17-21-13-12-20(33-21)15-26-27-24(29)23-7-4-14-32-23/h1-15H,16-17H2,(H,27,29)/b26-15-. The van der Waals surface area contributed by atoms with E-state index >= 15 is 0 Å². The molecule has 0 unspecified atom stereocenters. The number of nitrogens with one attached hydrogen (secondary N) is 1. The first-order valence-corrected chi connectivity index (χ1v) is 12.0. The zero-order chi connectivity index (χ0) is 24.0. The zero-order valence-corrected chi connectivity index (χ0v) is 19.4. The summed E-state index contributed by atoms with van der Waals surface area (Å²) in [4.78, 5) is 12.0. The Morgan fingerprint density at radius 3 is 2.44 bits per heavy atom. The minimum atomic E-state index is -3.81. The molecule has 0 aliphatic carbocycles. The highest BCUT2D eigenvalue weighted by molar-refractivity contribution is 7.89. The number of sulfonamides is 1. The Bertz CT molecular complexity index is 1370. The Labute approximate surface area is 201 Å². The average molecular weight is 498 g/mol. The first kappa shape index (κ1) is 23.5. The van der Waals surface area contributed by atoms with Gasteiger partial charge in [0.25, 0.3) is 0 Å². The van der Waals surface area contributed by atoms with Gasteiger partial charge in [0.2, 0.25) is 10.0 Å². The summed E-state index contributed by atoms with van der Waals surface area (Å²) in [6, 6.07) is 21.6. The third kappa shape index (κ3) is 5.82. The molecule has 4 aromatic rings.